The van der Waals surface area contributed by atoms with Gasteiger partial charge in [0.1, 0.15) is 18.6 Å². The minimum Gasteiger partial charge on any atom is -0.344 e. The molecule has 2 unspecified atom stereocenters. The zero-order chi connectivity index (χ0) is 30.2. The molecule has 1 saturated heterocycles. The minimum atomic E-state index is -0.843. The maximum atomic E-state index is 13.4. The van der Waals surface area contributed by atoms with E-state index >= 15 is 0 Å². The molecule has 1 aliphatic heterocycles. The number of benzene rings is 2. The van der Waals surface area contributed by atoms with Crippen LogP contribution in [0.2, 0.25) is 10.0 Å². The van der Waals surface area contributed by atoms with E-state index in [-0.39, 0.29) is 30.6 Å². The molecule has 2 heterocycles. The first-order valence-corrected chi connectivity index (χ1v) is 14.6. The molecule has 1 aromatic heterocycles. The van der Waals surface area contributed by atoms with Gasteiger partial charge >= 0.3 is 0 Å². The number of halogens is 2. The van der Waals surface area contributed by atoms with E-state index in [9.17, 15) is 19.2 Å². The van der Waals surface area contributed by atoms with Crippen LogP contribution in [-0.2, 0) is 27.3 Å². The van der Waals surface area contributed by atoms with Gasteiger partial charge in [0.05, 0.1) is 6.04 Å². The van der Waals surface area contributed by atoms with Crippen LogP contribution in [0.1, 0.15) is 61.3 Å². The maximum absolute atomic E-state index is 13.4. The molecule has 3 atom stereocenters. The van der Waals surface area contributed by atoms with Crippen LogP contribution in [0.4, 0.5) is 0 Å². The van der Waals surface area contributed by atoms with Crippen LogP contribution in [0, 0.1) is 0 Å². The molecular formula is C29H33Cl2N7O4. The summed E-state index contributed by atoms with van der Waals surface area (Å²) >= 11 is 12.5. The number of likely N-dealkylation sites (tertiary alicyclic amines) is 1. The number of tetrazole rings is 1. The number of Topliss-reactive ketones (excluding diaryl/α,β-unsaturated/α-hetero) is 1. The average Bonchev–Trinajstić information content (AvgIpc) is 3.34. The molecule has 42 heavy (non-hydrogen) atoms. The SMILES string of the molecule is CCC(NC(=O)C(C)N1CCCC[C@H](NC(=O)c2ccccc2)C1=O)C(=O)Cn1nnc(Cc2c(Cl)cccc2Cl)n1. The van der Waals surface area contributed by atoms with Crippen molar-refractivity contribution >= 4 is 46.7 Å². The van der Waals surface area contributed by atoms with E-state index in [1.807, 2.05) is 6.07 Å². The molecule has 222 valence electrons. The number of nitrogens with zero attached hydrogens (tertiary/aromatic N) is 5. The lowest BCUT2D eigenvalue weighted by molar-refractivity contribution is -0.141. The third kappa shape index (κ3) is 7.71. The summed E-state index contributed by atoms with van der Waals surface area (Å²) in [6.07, 6.45) is 2.47. The van der Waals surface area contributed by atoms with Gasteiger partial charge in [-0.15, -0.1) is 10.2 Å². The molecule has 0 spiro atoms. The number of amides is 3. The van der Waals surface area contributed by atoms with Crippen molar-refractivity contribution in [3.8, 4) is 0 Å². The van der Waals surface area contributed by atoms with E-state index < -0.39 is 24.0 Å². The maximum Gasteiger partial charge on any atom is 0.251 e. The molecule has 2 aromatic carbocycles. The van der Waals surface area contributed by atoms with Crippen LogP contribution < -0.4 is 10.6 Å². The van der Waals surface area contributed by atoms with Crippen molar-refractivity contribution in [3.63, 3.8) is 0 Å². The first-order valence-electron chi connectivity index (χ1n) is 13.9. The van der Waals surface area contributed by atoms with E-state index in [0.717, 1.165) is 6.42 Å². The van der Waals surface area contributed by atoms with Gasteiger partial charge in [-0.25, -0.2) is 0 Å². The third-order valence-electron chi connectivity index (χ3n) is 7.21. The second-order valence-corrected chi connectivity index (χ2v) is 11.0. The van der Waals surface area contributed by atoms with Crippen molar-refractivity contribution in [2.24, 2.45) is 0 Å². The molecule has 0 radical (unpaired) electrons. The zero-order valence-corrected chi connectivity index (χ0v) is 24.9. The van der Waals surface area contributed by atoms with Crippen molar-refractivity contribution < 1.29 is 19.2 Å². The van der Waals surface area contributed by atoms with Gasteiger partial charge in [-0.2, -0.15) is 4.80 Å². The largest absolute Gasteiger partial charge is 0.344 e. The molecule has 1 fully saturated rings. The predicted octanol–water partition coefficient (Wildman–Crippen LogP) is 3.23. The average molecular weight is 615 g/mol. The van der Waals surface area contributed by atoms with Gasteiger partial charge in [-0.1, -0.05) is 54.4 Å². The van der Waals surface area contributed by atoms with E-state index in [2.05, 4.69) is 26.0 Å². The summed E-state index contributed by atoms with van der Waals surface area (Å²) in [4.78, 5) is 55.0. The van der Waals surface area contributed by atoms with Crippen molar-refractivity contribution in [1.29, 1.82) is 0 Å². The summed E-state index contributed by atoms with van der Waals surface area (Å²) in [5.41, 5.74) is 1.11. The fourth-order valence-electron chi connectivity index (χ4n) is 4.78. The molecule has 11 nitrogen and oxygen atoms in total. The van der Waals surface area contributed by atoms with Gasteiger partial charge in [-0.3, -0.25) is 19.2 Å². The molecule has 0 aliphatic carbocycles. The topological polar surface area (TPSA) is 139 Å². The number of carbonyl (C=O) groups excluding carboxylic acids is 4. The normalized spacial score (nSPS) is 16.8. The van der Waals surface area contributed by atoms with E-state index in [1.165, 1.54) is 9.70 Å². The van der Waals surface area contributed by atoms with Crippen LogP contribution in [0.5, 0.6) is 0 Å². The number of hydrogen-bond acceptors (Lipinski definition) is 7. The second kappa shape index (κ2) is 14.4. The Morgan fingerprint density at radius 3 is 2.45 bits per heavy atom. The lowest BCUT2D eigenvalue weighted by Gasteiger charge is -2.30. The second-order valence-electron chi connectivity index (χ2n) is 10.1. The number of ketones is 1. The molecule has 13 heteroatoms. The minimum absolute atomic E-state index is 0.202. The number of carbonyl (C=O) groups is 4. The van der Waals surface area contributed by atoms with Crippen LogP contribution in [0.25, 0.3) is 0 Å². The first-order chi connectivity index (χ1) is 20.2. The molecule has 4 rings (SSSR count). The Balaban J connectivity index is 1.35. The van der Waals surface area contributed by atoms with Gasteiger partial charge in [0.2, 0.25) is 11.8 Å². The van der Waals surface area contributed by atoms with Gasteiger partial charge in [-0.05, 0) is 67.6 Å². The van der Waals surface area contributed by atoms with Gasteiger partial charge in [0.25, 0.3) is 5.91 Å². The van der Waals surface area contributed by atoms with Crippen molar-refractivity contribution in [2.45, 2.75) is 70.6 Å². The van der Waals surface area contributed by atoms with Gasteiger partial charge < -0.3 is 15.5 Å². The Bertz CT molecular complexity index is 1410. The summed E-state index contributed by atoms with van der Waals surface area (Å²) in [7, 11) is 0. The van der Waals surface area contributed by atoms with Gasteiger partial charge in [0, 0.05) is 28.6 Å². The number of hydrogen-bond donors (Lipinski definition) is 2. The number of aromatic nitrogens is 4. The zero-order valence-electron chi connectivity index (χ0n) is 23.4. The fraction of sp³-hybridized carbons (Fsp3) is 0.414. The molecule has 0 bridgehead atoms. The molecule has 2 N–H and O–H groups in total. The first kappa shape index (κ1) is 31.1. The Labute approximate surface area is 253 Å². The lowest BCUT2D eigenvalue weighted by Crippen LogP contribution is -2.56. The smallest absolute Gasteiger partial charge is 0.251 e. The lowest BCUT2D eigenvalue weighted by atomic mass is 10.1. The number of rotatable bonds is 11. The predicted molar refractivity (Wildman–Crippen MR) is 157 cm³/mol. The van der Waals surface area contributed by atoms with E-state index in [4.69, 9.17) is 23.2 Å². The molecule has 3 aromatic rings. The summed E-state index contributed by atoms with van der Waals surface area (Å²) in [5, 5.41) is 18.8. The Morgan fingerprint density at radius 2 is 1.76 bits per heavy atom. The summed E-state index contributed by atoms with van der Waals surface area (Å²) in [6.45, 7) is 3.57. The quantitative estimate of drug-likeness (QED) is 0.338. The van der Waals surface area contributed by atoms with Crippen LogP contribution >= 0.6 is 23.2 Å². The highest BCUT2D eigenvalue weighted by atomic mass is 35.5. The highest BCUT2D eigenvalue weighted by Gasteiger charge is 2.35. The molecule has 0 saturated carbocycles. The van der Waals surface area contributed by atoms with E-state index in [1.54, 1.807) is 56.3 Å². The van der Waals surface area contributed by atoms with Crippen LogP contribution in [0.3, 0.4) is 0 Å². The van der Waals surface area contributed by atoms with Crippen molar-refractivity contribution in [1.82, 2.24) is 35.7 Å². The molecule has 3 amide bonds. The van der Waals surface area contributed by atoms with Crippen LogP contribution in [-0.4, -0.2) is 73.3 Å². The van der Waals surface area contributed by atoms with E-state index in [0.29, 0.717) is 52.8 Å². The summed E-state index contributed by atoms with van der Waals surface area (Å²) in [6, 6.07) is 11.4. The van der Waals surface area contributed by atoms with Crippen molar-refractivity contribution in [2.75, 3.05) is 6.54 Å². The van der Waals surface area contributed by atoms with Crippen LogP contribution in [0.15, 0.2) is 48.5 Å². The highest BCUT2D eigenvalue weighted by Crippen LogP contribution is 2.25. The molecule has 1 aliphatic rings. The Kier molecular flexibility index (Phi) is 10.6. The van der Waals surface area contributed by atoms with Crippen molar-refractivity contribution in [3.05, 3.63) is 75.5 Å². The van der Waals surface area contributed by atoms with Gasteiger partial charge in [0.15, 0.2) is 11.6 Å². The monoisotopic (exact) mass is 613 g/mol. The highest BCUT2D eigenvalue weighted by molar-refractivity contribution is 6.36. The third-order valence-corrected chi connectivity index (χ3v) is 7.92. The standard InChI is InChI=1S/C29H33Cl2N7O4/c1-3-23(25(39)17-38-35-26(34-36-38)16-20-21(30)12-9-13-22(20)31)32-27(40)18(2)37-15-8-7-14-24(29(37)42)33-28(41)19-10-5-4-6-11-19/h4-6,9-13,18,23-24H,3,7-8,14-17H2,1-2H3,(H,32,40)(H,33,41)/t18?,23?,24-/m0/s1. The summed E-state index contributed by atoms with van der Waals surface area (Å²) < 4.78 is 0. The summed E-state index contributed by atoms with van der Waals surface area (Å²) in [5.74, 6) is -1.09. The molecular weight excluding hydrogens is 581 g/mol. The Hall–Kier alpha value is -3.83. The fourth-order valence-corrected chi connectivity index (χ4v) is 5.31. The Morgan fingerprint density at radius 1 is 1.05 bits per heavy atom. The number of nitrogens with one attached hydrogen (secondary N) is 2.